The van der Waals surface area contributed by atoms with Crippen LogP contribution in [-0.4, -0.2) is 54.0 Å². The maximum Gasteiger partial charge on any atom is 0.179 e. The van der Waals surface area contributed by atoms with Gasteiger partial charge in [-0.2, -0.15) is 10.3 Å². The Balaban J connectivity index is 1.67. The molecular weight excluding hydrogens is 318 g/mol. The molecule has 4 rings (SSSR count). The van der Waals surface area contributed by atoms with Crippen LogP contribution in [0.15, 0.2) is 42.9 Å². The summed E-state index contributed by atoms with van der Waals surface area (Å²) in [5, 5.41) is 19.6. The van der Waals surface area contributed by atoms with Gasteiger partial charge in [0.1, 0.15) is 12.1 Å². The minimum atomic E-state index is 0.109. The van der Waals surface area contributed by atoms with E-state index >= 15 is 0 Å². The van der Waals surface area contributed by atoms with Gasteiger partial charge in [0.25, 0.3) is 0 Å². The standard InChI is InChI=1S/C16H17N9/c1-11(14-20-22-23-21-14)9-24(2)15-13-8-19-25(16(13)18-10-17-15)12-6-4-3-5-7-12/h3-8,10-11H,9H2,1-2H3,(H,20,21,22,23). The third kappa shape index (κ3) is 2.80. The summed E-state index contributed by atoms with van der Waals surface area (Å²) in [5.41, 5.74) is 1.74. The van der Waals surface area contributed by atoms with Crippen molar-refractivity contribution >= 4 is 16.9 Å². The quantitative estimate of drug-likeness (QED) is 0.590. The molecule has 3 heterocycles. The number of anilines is 1. The van der Waals surface area contributed by atoms with Gasteiger partial charge in [-0.25, -0.2) is 14.6 Å². The van der Waals surface area contributed by atoms with Crippen LogP contribution in [0.4, 0.5) is 5.82 Å². The van der Waals surface area contributed by atoms with E-state index in [1.165, 1.54) is 0 Å². The molecule has 25 heavy (non-hydrogen) atoms. The number of nitrogens with zero attached hydrogens (tertiary/aromatic N) is 8. The number of benzene rings is 1. The molecule has 0 spiro atoms. The molecule has 9 heteroatoms. The van der Waals surface area contributed by atoms with Crippen LogP contribution in [0.2, 0.25) is 0 Å². The maximum absolute atomic E-state index is 4.49. The van der Waals surface area contributed by atoms with Crippen molar-refractivity contribution in [2.45, 2.75) is 12.8 Å². The Labute approximate surface area is 143 Å². The second kappa shape index (κ2) is 6.27. The first-order valence-electron chi connectivity index (χ1n) is 7.92. The van der Waals surface area contributed by atoms with Crippen LogP contribution in [0.5, 0.6) is 0 Å². The molecule has 0 aliphatic carbocycles. The number of fused-ring (bicyclic) bond motifs is 1. The van der Waals surface area contributed by atoms with Gasteiger partial charge in [0.15, 0.2) is 11.5 Å². The summed E-state index contributed by atoms with van der Waals surface area (Å²) < 4.78 is 1.82. The largest absolute Gasteiger partial charge is 0.358 e. The van der Waals surface area contributed by atoms with Crippen molar-refractivity contribution in [2.75, 3.05) is 18.5 Å². The van der Waals surface area contributed by atoms with Gasteiger partial charge in [0.05, 0.1) is 17.3 Å². The lowest BCUT2D eigenvalue weighted by Crippen LogP contribution is -2.24. The molecule has 1 N–H and O–H groups in total. The molecule has 9 nitrogen and oxygen atoms in total. The average molecular weight is 335 g/mol. The number of aromatic amines is 1. The van der Waals surface area contributed by atoms with Crippen LogP contribution in [-0.2, 0) is 0 Å². The molecule has 0 radical (unpaired) electrons. The van der Waals surface area contributed by atoms with Crippen LogP contribution in [0.3, 0.4) is 0 Å². The topological polar surface area (TPSA) is 101 Å². The zero-order valence-corrected chi connectivity index (χ0v) is 13.9. The van der Waals surface area contributed by atoms with E-state index in [1.54, 1.807) is 12.5 Å². The molecule has 4 aromatic rings. The van der Waals surface area contributed by atoms with E-state index in [0.717, 1.165) is 22.5 Å². The zero-order valence-electron chi connectivity index (χ0n) is 13.9. The second-order valence-electron chi connectivity index (χ2n) is 5.88. The van der Waals surface area contributed by atoms with Crippen molar-refractivity contribution in [3.05, 3.63) is 48.7 Å². The summed E-state index contributed by atoms with van der Waals surface area (Å²) in [5.74, 6) is 1.61. The summed E-state index contributed by atoms with van der Waals surface area (Å²) in [6.45, 7) is 2.75. The predicted octanol–water partition coefficient (Wildman–Crippen LogP) is 1.57. The summed E-state index contributed by atoms with van der Waals surface area (Å²) in [7, 11) is 1.98. The summed E-state index contributed by atoms with van der Waals surface area (Å²) in [4.78, 5) is 10.9. The third-order valence-corrected chi connectivity index (χ3v) is 4.06. The lowest BCUT2D eigenvalue weighted by atomic mass is 10.1. The van der Waals surface area contributed by atoms with E-state index in [-0.39, 0.29) is 5.92 Å². The van der Waals surface area contributed by atoms with Crippen LogP contribution >= 0.6 is 0 Å². The van der Waals surface area contributed by atoms with Crippen LogP contribution in [0.1, 0.15) is 18.7 Å². The molecule has 0 saturated heterocycles. The Morgan fingerprint density at radius 1 is 1.20 bits per heavy atom. The molecule has 0 saturated carbocycles. The molecule has 0 fully saturated rings. The SMILES string of the molecule is CC(CN(C)c1ncnc2c1cnn2-c1ccccc1)c1nn[nH]n1. The maximum atomic E-state index is 4.49. The Hall–Kier alpha value is -3.36. The monoisotopic (exact) mass is 335 g/mol. The molecular formula is C16H17N9. The number of hydrogen-bond acceptors (Lipinski definition) is 7. The number of rotatable bonds is 5. The highest BCUT2D eigenvalue weighted by Crippen LogP contribution is 2.25. The minimum absolute atomic E-state index is 0.109. The molecule has 0 aliphatic rings. The number of tetrazole rings is 1. The van der Waals surface area contributed by atoms with E-state index in [1.807, 2.05) is 49.0 Å². The van der Waals surface area contributed by atoms with Gasteiger partial charge in [0.2, 0.25) is 0 Å². The Bertz CT molecular complexity index is 962. The van der Waals surface area contributed by atoms with Gasteiger partial charge in [-0.05, 0) is 12.1 Å². The minimum Gasteiger partial charge on any atom is -0.358 e. The molecule has 0 amide bonds. The van der Waals surface area contributed by atoms with E-state index < -0.39 is 0 Å². The highest BCUT2D eigenvalue weighted by molar-refractivity contribution is 5.87. The number of likely N-dealkylation sites (N-methyl/N-ethyl adjacent to an activating group) is 1. The predicted molar refractivity (Wildman–Crippen MR) is 92.5 cm³/mol. The molecule has 1 atom stereocenters. The summed E-state index contributed by atoms with van der Waals surface area (Å²) in [6, 6.07) is 9.92. The lowest BCUT2D eigenvalue weighted by Gasteiger charge is -2.21. The first-order chi connectivity index (χ1) is 12.2. The summed E-state index contributed by atoms with van der Waals surface area (Å²) in [6.07, 6.45) is 3.36. The number of para-hydroxylation sites is 1. The fourth-order valence-corrected chi connectivity index (χ4v) is 2.85. The Kier molecular flexibility index (Phi) is 3.81. The highest BCUT2D eigenvalue weighted by Gasteiger charge is 2.18. The van der Waals surface area contributed by atoms with E-state index in [0.29, 0.717) is 12.4 Å². The van der Waals surface area contributed by atoms with Crippen molar-refractivity contribution in [2.24, 2.45) is 0 Å². The average Bonchev–Trinajstić information content (AvgIpc) is 3.32. The molecule has 1 unspecified atom stereocenters. The molecule has 0 bridgehead atoms. The van der Waals surface area contributed by atoms with E-state index in [4.69, 9.17) is 0 Å². The zero-order chi connectivity index (χ0) is 17.2. The van der Waals surface area contributed by atoms with Crippen molar-refractivity contribution in [1.82, 2.24) is 40.4 Å². The fraction of sp³-hybridized carbons (Fsp3) is 0.250. The molecule has 126 valence electrons. The normalized spacial score (nSPS) is 12.4. The smallest absolute Gasteiger partial charge is 0.179 e. The van der Waals surface area contributed by atoms with Crippen molar-refractivity contribution in [1.29, 1.82) is 0 Å². The van der Waals surface area contributed by atoms with Crippen LogP contribution < -0.4 is 4.90 Å². The number of aromatic nitrogens is 8. The Morgan fingerprint density at radius 3 is 2.80 bits per heavy atom. The molecule has 0 aliphatic heterocycles. The van der Waals surface area contributed by atoms with Crippen LogP contribution in [0, 0.1) is 0 Å². The fourth-order valence-electron chi connectivity index (χ4n) is 2.85. The lowest BCUT2D eigenvalue weighted by molar-refractivity contribution is 0.683. The van der Waals surface area contributed by atoms with Gasteiger partial charge in [-0.1, -0.05) is 30.3 Å². The molecule has 3 aromatic heterocycles. The van der Waals surface area contributed by atoms with E-state index in [2.05, 4.69) is 40.6 Å². The first kappa shape index (κ1) is 15.2. The third-order valence-electron chi connectivity index (χ3n) is 4.06. The van der Waals surface area contributed by atoms with Crippen molar-refractivity contribution < 1.29 is 0 Å². The van der Waals surface area contributed by atoms with Crippen LogP contribution in [0.25, 0.3) is 16.7 Å². The van der Waals surface area contributed by atoms with Crippen molar-refractivity contribution in [3.8, 4) is 5.69 Å². The highest BCUT2D eigenvalue weighted by atomic mass is 15.5. The van der Waals surface area contributed by atoms with Gasteiger partial charge < -0.3 is 4.90 Å². The van der Waals surface area contributed by atoms with E-state index in [9.17, 15) is 0 Å². The molecule has 1 aromatic carbocycles. The Morgan fingerprint density at radius 2 is 2.04 bits per heavy atom. The first-order valence-corrected chi connectivity index (χ1v) is 7.92. The summed E-state index contributed by atoms with van der Waals surface area (Å²) >= 11 is 0. The number of nitrogens with one attached hydrogen (secondary N) is 1. The van der Waals surface area contributed by atoms with Gasteiger partial charge in [-0.3, -0.25) is 0 Å². The number of hydrogen-bond donors (Lipinski definition) is 1. The second-order valence-corrected chi connectivity index (χ2v) is 5.88. The number of H-pyrrole nitrogens is 1. The van der Waals surface area contributed by atoms with Gasteiger partial charge in [-0.15, -0.1) is 10.2 Å². The van der Waals surface area contributed by atoms with Gasteiger partial charge in [0, 0.05) is 19.5 Å². The van der Waals surface area contributed by atoms with Crippen molar-refractivity contribution in [3.63, 3.8) is 0 Å². The van der Waals surface area contributed by atoms with Gasteiger partial charge >= 0.3 is 0 Å².